The first-order valence-corrected chi connectivity index (χ1v) is 10.1. The maximum absolute atomic E-state index is 12.7. The van der Waals surface area contributed by atoms with Gasteiger partial charge >= 0.3 is 0 Å². The van der Waals surface area contributed by atoms with Crippen LogP contribution in [0.25, 0.3) is 0 Å². The molecule has 1 aliphatic carbocycles. The van der Waals surface area contributed by atoms with Crippen LogP contribution in [0.15, 0.2) is 42.5 Å². The molecule has 1 spiro atoms. The summed E-state index contributed by atoms with van der Waals surface area (Å²) in [6, 6.07) is 12.9. The quantitative estimate of drug-likeness (QED) is 0.795. The van der Waals surface area contributed by atoms with Gasteiger partial charge in [0.1, 0.15) is 0 Å². The molecule has 4 rings (SSSR count). The molecule has 1 saturated carbocycles. The van der Waals surface area contributed by atoms with E-state index in [1.165, 1.54) is 6.92 Å². The van der Waals surface area contributed by atoms with Crippen molar-refractivity contribution in [3.05, 3.63) is 53.6 Å². The lowest BCUT2D eigenvalue weighted by Crippen LogP contribution is -2.34. The van der Waals surface area contributed by atoms with E-state index in [2.05, 4.69) is 10.6 Å². The molecule has 2 aliphatic rings. The summed E-state index contributed by atoms with van der Waals surface area (Å²) < 4.78 is 12.1. The molecule has 152 valence electrons. The molecule has 1 heterocycles. The molecular formula is C23H26N2O4. The molecule has 2 N–H and O–H groups in total. The van der Waals surface area contributed by atoms with Gasteiger partial charge in [0.15, 0.2) is 11.5 Å². The Kier molecular flexibility index (Phi) is 5.18. The number of aryl methyl sites for hydroxylation is 1. The van der Waals surface area contributed by atoms with Crippen LogP contribution in [0.4, 0.5) is 5.69 Å². The van der Waals surface area contributed by atoms with Crippen LogP contribution in [0.1, 0.15) is 56.2 Å². The third-order valence-corrected chi connectivity index (χ3v) is 5.43. The fourth-order valence-electron chi connectivity index (χ4n) is 3.98. The predicted octanol–water partition coefficient (Wildman–Crippen LogP) is 4.24. The van der Waals surface area contributed by atoms with Gasteiger partial charge in [0.2, 0.25) is 11.8 Å². The number of amides is 2. The van der Waals surface area contributed by atoms with Crippen LogP contribution in [-0.4, -0.2) is 17.6 Å². The van der Waals surface area contributed by atoms with Crippen LogP contribution in [0, 0.1) is 6.92 Å². The number of ether oxygens (including phenoxy) is 2. The first-order chi connectivity index (χ1) is 13.9. The van der Waals surface area contributed by atoms with Crippen molar-refractivity contribution in [1.82, 2.24) is 5.32 Å². The minimum atomic E-state index is -0.521. The molecule has 0 aromatic heterocycles. The van der Waals surface area contributed by atoms with E-state index in [1.807, 2.05) is 43.3 Å². The SMILES string of the molecule is CC(=O)NC(CC(=O)Nc1ccc2c(c1)OC1(CCCC1)O2)c1ccc(C)cc1. The standard InChI is InChI=1S/C23H26N2O4/c1-15-5-7-17(8-6-15)19(24-16(2)26)14-22(27)25-18-9-10-20-21(13-18)29-23(28-20)11-3-4-12-23/h5-10,13,19H,3-4,11-12,14H2,1-2H3,(H,24,26)(H,25,27). The zero-order chi connectivity index (χ0) is 20.4. The van der Waals surface area contributed by atoms with E-state index < -0.39 is 5.79 Å². The number of carbonyl (C=O) groups is 2. The number of anilines is 1. The molecule has 2 aromatic carbocycles. The first-order valence-electron chi connectivity index (χ1n) is 10.1. The van der Waals surface area contributed by atoms with Gasteiger partial charge in [0, 0.05) is 31.5 Å². The molecule has 29 heavy (non-hydrogen) atoms. The average molecular weight is 394 g/mol. The number of nitrogens with one attached hydrogen (secondary N) is 2. The molecule has 0 radical (unpaired) electrons. The Morgan fingerprint density at radius 2 is 1.72 bits per heavy atom. The number of fused-ring (bicyclic) bond motifs is 1. The lowest BCUT2D eigenvalue weighted by molar-refractivity contribution is -0.120. The fourth-order valence-corrected chi connectivity index (χ4v) is 3.98. The summed E-state index contributed by atoms with van der Waals surface area (Å²) in [5.74, 6) is 0.516. The Labute approximate surface area is 170 Å². The highest BCUT2D eigenvalue weighted by Gasteiger charge is 2.44. The van der Waals surface area contributed by atoms with Crippen molar-refractivity contribution in [2.45, 2.75) is 57.8 Å². The number of benzene rings is 2. The van der Waals surface area contributed by atoms with Crippen molar-refractivity contribution >= 4 is 17.5 Å². The smallest absolute Gasteiger partial charge is 0.251 e. The summed E-state index contributed by atoms with van der Waals surface area (Å²) in [5.41, 5.74) is 2.67. The summed E-state index contributed by atoms with van der Waals surface area (Å²) in [6.07, 6.45) is 4.11. The molecule has 1 fully saturated rings. The molecule has 6 heteroatoms. The normalized spacial score (nSPS) is 17.2. The Morgan fingerprint density at radius 1 is 1.03 bits per heavy atom. The van der Waals surface area contributed by atoms with Crippen LogP contribution in [-0.2, 0) is 9.59 Å². The van der Waals surface area contributed by atoms with Gasteiger partial charge in [-0.05, 0) is 37.5 Å². The minimum absolute atomic E-state index is 0.140. The van der Waals surface area contributed by atoms with E-state index in [-0.39, 0.29) is 24.3 Å². The Morgan fingerprint density at radius 3 is 2.41 bits per heavy atom. The third kappa shape index (κ3) is 4.36. The highest BCUT2D eigenvalue weighted by molar-refractivity contribution is 5.92. The molecule has 2 aromatic rings. The topological polar surface area (TPSA) is 76.7 Å². The van der Waals surface area contributed by atoms with Gasteiger partial charge < -0.3 is 20.1 Å². The summed E-state index contributed by atoms with van der Waals surface area (Å²) in [4.78, 5) is 24.3. The van der Waals surface area contributed by atoms with Crippen molar-refractivity contribution < 1.29 is 19.1 Å². The van der Waals surface area contributed by atoms with Crippen LogP contribution in [0.5, 0.6) is 11.5 Å². The van der Waals surface area contributed by atoms with Crippen LogP contribution >= 0.6 is 0 Å². The van der Waals surface area contributed by atoms with Crippen LogP contribution in [0.3, 0.4) is 0 Å². The molecule has 1 aliphatic heterocycles. The van der Waals surface area contributed by atoms with E-state index in [0.717, 1.165) is 42.6 Å². The summed E-state index contributed by atoms with van der Waals surface area (Å²) in [7, 11) is 0. The van der Waals surface area contributed by atoms with E-state index in [0.29, 0.717) is 11.4 Å². The minimum Gasteiger partial charge on any atom is -0.448 e. The number of hydrogen-bond donors (Lipinski definition) is 2. The summed E-state index contributed by atoms with van der Waals surface area (Å²) in [5, 5.41) is 5.77. The highest BCUT2D eigenvalue weighted by Crippen LogP contribution is 2.47. The molecule has 1 atom stereocenters. The van der Waals surface area contributed by atoms with Crippen LogP contribution < -0.4 is 20.1 Å². The van der Waals surface area contributed by atoms with E-state index in [9.17, 15) is 9.59 Å². The Balaban J connectivity index is 1.43. The molecular weight excluding hydrogens is 368 g/mol. The summed E-state index contributed by atoms with van der Waals surface area (Å²) in [6.45, 7) is 3.45. The monoisotopic (exact) mass is 394 g/mol. The fraction of sp³-hybridized carbons (Fsp3) is 0.391. The van der Waals surface area contributed by atoms with Crippen molar-refractivity contribution in [2.24, 2.45) is 0 Å². The molecule has 0 saturated heterocycles. The Bertz CT molecular complexity index is 917. The van der Waals surface area contributed by atoms with Crippen LogP contribution in [0.2, 0.25) is 0 Å². The van der Waals surface area contributed by atoms with E-state index in [4.69, 9.17) is 9.47 Å². The van der Waals surface area contributed by atoms with Gasteiger partial charge in [-0.25, -0.2) is 0 Å². The maximum atomic E-state index is 12.7. The van der Waals surface area contributed by atoms with Gasteiger partial charge in [-0.3, -0.25) is 9.59 Å². The van der Waals surface area contributed by atoms with Crippen molar-refractivity contribution in [3.8, 4) is 11.5 Å². The van der Waals surface area contributed by atoms with E-state index in [1.54, 1.807) is 6.07 Å². The van der Waals surface area contributed by atoms with Crippen molar-refractivity contribution in [3.63, 3.8) is 0 Å². The molecule has 2 amide bonds. The van der Waals surface area contributed by atoms with Gasteiger partial charge in [0.25, 0.3) is 5.79 Å². The average Bonchev–Trinajstić information content (AvgIpc) is 3.27. The van der Waals surface area contributed by atoms with E-state index >= 15 is 0 Å². The number of hydrogen-bond acceptors (Lipinski definition) is 4. The lowest BCUT2D eigenvalue weighted by atomic mass is 10.0. The second kappa shape index (κ2) is 7.78. The summed E-state index contributed by atoms with van der Waals surface area (Å²) >= 11 is 0. The maximum Gasteiger partial charge on any atom is 0.251 e. The van der Waals surface area contributed by atoms with Crippen molar-refractivity contribution in [2.75, 3.05) is 5.32 Å². The van der Waals surface area contributed by atoms with Gasteiger partial charge in [0.05, 0.1) is 12.5 Å². The van der Waals surface area contributed by atoms with Crippen molar-refractivity contribution in [1.29, 1.82) is 0 Å². The molecule has 0 bridgehead atoms. The zero-order valence-electron chi connectivity index (χ0n) is 16.8. The van der Waals surface area contributed by atoms with Gasteiger partial charge in [-0.2, -0.15) is 0 Å². The van der Waals surface area contributed by atoms with Gasteiger partial charge in [-0.1, -0.05) is 29.8 Å². The van der Waals surface area contributed by atoms with Gasteiger partial charge in [-0.15, -0.1) is 0 Å². The second-order valence-electron chi connectivity index (χ2n) is 7.90. The molecule has 1 unspecified atom stereocenters. The number of carbonyl (C=O) groups excluding carboxylic acids is 2. The highest BCUT2D eigenvalue weighted by atomic mass is 16.7. The number of rotatable bonds is 5. The zero-order valence-corrected chi connectivity index (χ0v) is 16.8. The predicted molar refractivity (Wildman–Crippen MR) is 110 cm³/mol. The third-order valence-electron chi connectivity index (χ3n) is 5.43. The first kappa shape index (κ1) is 19.3. The second-order valence-corrected chi connectivity index (χ2v) is 7.90. The largest absolute Gasteiger partial charge is 0.448 e. The Hall–Kier alpha value is -3.02. The molecule has 6 nitrogen and oxygen atoms in total. The lowest BCUT2D eigenvalue weighted by Gasteiger charge is -2.21.